The zero-order valence-electron chi connectivity index (χ0n) is 11.6. The van der Waals surface area contributed by atoms with E-state index >= 15 is 0 Å². The predicted octanol–water partition coefficient (Wildman–Crippen LogP) is 3.50. The third-order valence-corrected chi connectivity index (χ3v) is 5.51. The molecule has 0 spiro atoms. The summed E-state index contributed by atoms with van der Waals surface area (Å²) < 4.78 is 5.67. The van der Waals surface area contributed by atoms with Crippen LogP contribution in [0.3, 0.4) is 0 Å². The summed E-state index contributed by atoms with van der Waals surface area (Å²) in [7, 11) is 0. The summed E-state index contributed by atoms with van der Waals surface area (Å²) in [6, 6.07) is 0. The van der Waals surface area contributed by atoms with E-state index in [0.29, 0.717) is 10.8 Å². The van der Waals surface area contributed by atoms with Crippen LogP contribution < -0.4 is 0 Å². The van der Waals surface area contributed by atoms with Gasteiger partial charge in [-0.3, -0.25) is 4.79 Å². The van der Waals surface area contributed by atoms with Gasteiger partial charge in [0.05, 0.1) is 5.41 Å². The number of hydrogen-bond donors (Lipinski definition) is 0. The van der Waals surface area contributed by atoms with Crippen molar-refractivity contribution in [2.24, 2.45) is 16.2 Å². The van der Waals surface area contributed by atoms with Crippen molar-refractivity contribution < 1.29 is 9.53 Å². The van der Waals surface area contributed by atoms with E-state index in [-0.39, 0.29) is 17.0 Å². The van der Waals surface area contributed by atoms with Gasteiger partial charge < -0.3 is 4.74 Å². The molecule has 0 heterocycles. The second-order valence-electron chi connectivity index (χ2n) is 8.02. The fourth-order valence-electron chi connectivity index (χ4n) is 4.63. The fourth-order valence-corrected chi connectivity index (χ4v) is 4.63. The molecule has 2 atom stereocenters. The molecule has 0 aliphatic heterocycles. The van der Waals surface area contributed by atoms with E-state index in [0.717, 1.165) is 25.7 Å². The van der Waals surface area contributed by atoms with Crippen molar-refractivity contribution in [1.29, 1.82) is 0 Å². The van der Waals surface area contributed by atoms with Crippen molar-refractivity contribution in [3.05, 3.63) is 5.92 Å². The number of ether oxygens (including phenoxy) is 1. The van der Waals surface area contributed by atoms with Crippen molar-refractivity contribution in [2.45, 2.75) is 65.9 Å². The van der Waals surface area contributed by atoms with Gasteiger partial charge in [-0.25, -0.2) is 0 Å². The Morgan fingerprint density at radius 2 is 1.59 bits per heavy atom. The maximum absolute atomic E-state index is 12.5. The first-order valence-electron chi connectivity index (χ1n) is 6.69. The zero-order chi connectivity index (χ0) is 12.7. The molecule has 2 unspecified atom stereocenters. The Balaban J connectivity index is 1.90. The van der Waals surface area contributed by atoms with Gasteiger partial charge >= 0.3 is 5.97 Å². The molecule has 0 aromatic heterocycles. The molecule has 95 valence electrons. The lowest BCUT2D eigenvalue weighted by Crippen LogP contribution is -2.36. The highest BCUT2D eigenvalue weighted by molar-refractivity contribution is 5.83. The Bertz CT molecular complexity index is 372. The topological polar surface area (TPSA) is 26.3 Å². The highest BCUT2D eigenvalue weighted by Crippen LogP contribution is 2.82. The minimum Gasteiger partial charge on any atom is -0.460 e. The summed E-state index contributed by atoms with van der Waals surface area (Å²) in [5, 5.41) is 0. The second-order valence-corrected chi connectivity index (χ2v) is 8.02. The summed E-state index contributed by atoms with van der Waals surface area (Å²) >= 11 is 0. The van der Waals surface area contributed by atoms with Gasteiger partial charge in [0.1, 0.15) is 5.60 Å². The molecule has 0 amide bonds. The lowest BCUT2D eigenvalue weighted by molar-refractivity contribution is -0.165. The minimum absolute atomic E-state index is 0.0463. The zero-order valence-corrected chi connectivity index (χ0v) is 11.6. The van der Waals surface area contributed by atoms with E-state index in [1.54, 1.807) is 0 Å². The molecule has 0 saturated heterocycles. The SMILES string of the molecule is CC(C)(C)OC(=O)C12CC3(C)C[C]1CC3(C)C2. The van der Waals surface area contributed by atoms with Gasteiger partial charge in [0, 0.05) is 0 Å². The van der Waals surface area contributed by atoms with Crippen LogP contribution in [0.4, 0.5) is 0 Å². The van der Waals surface area contributed by atoms with Crippen LogP contribution in [0.5, 0.6) is 0 Å². The van der Waals surface area contributed by atoms with Gasteiger partial charge in [-0.05, 0) is 63.2 Å². The van der Waals surface area contributed by atoms with E-state index in [2.05, 4.69) is 13.8 Å². The van der Waals surface area contributed by atoms with Gasteiger partial charge in [-0.15, -0.1) is 0 Å². The average molecular weight is 235 g/mol. The van der Waals surface area contributed by atoms with Crippen LogP contribution in [0.25, 0.3) is 0 Å². The Morgan fingerprint density at radius 3 is 1.88 bits per heavy atom. The van der Waals surface area contributed by atoms with Crippen molar-refractivity contribution in [1.82, 2.24) is 0 Å². The van der Waals surface area contributed by atoms with E-state index in [1.165, 1.54) is 5.92 Å². The van der Waals surface area contributed by atoms with Gasteiger partial charge in [-0.1, -0.05) is 13.8 Å². The number of carbonyl (C=O) groups is 1. The highest BCUT2D eigenvalue weighted by Gasteiger charge is 2.77. The summed E-state index contributed by atoms with van der Waals surface area (Å²) in [4.78, 5) is 12.5. The van der Waals surface area contributed by atoms with E-state index in [4.69, 9.17) is 4.74 Å². The molecule has 1 radical (unpaired) electrons. The average Bonchev–Trinajstić information content (AvgIpc) is 2.63. The number of hydrogen-bond acceptors (Lipinski definition) is 2. The monoisotopic (exact) mass is 235 g/mol. The Morgan fingerprint density at radius 1 is 1.12 bits per heavy atom. The van der Waals surface area contributed by atoms with Crippen molar-refractivity contribution >= 4 is 5.97 Å². The molecule has 4 rings (SSSR count). The molecular formula is C15H23O2. The van der Waals surface area contributed by atoms with Crippen molar-refractivity contribution in [2.75, 3.05) is 0 Å². The molecule has 17 heavy (non-hydrogen) atoms. The quantitative estimate of drug-likeness (QED) is 0.650. The Kier molecular flexibility index (Phi) is 1.85. The molecule has 4 bridgehead atoms. The third kappa shape index (κ3) is 1.25. The summed E-state index contributed by atoms with van der Waals surface area (Å²) in [5.74, 6) is 1.53. The molecule has 4 fully saturated rings. The smallest absolute Gasteiger partial charge is 0.313 e. The van der Waals surface area contributed by atoms with Gasteiger partial charge in [0.15, 0.2) is 0 Å². The molecule has 0 aromatic carbocycles. The van der Waals surface area contributed by atoms with Crippen molar-refractivity contribution in [3.63, 3.8) is 0 Å². The molecule has 4 aliphatic rings. The Labute approximate surface area is 104 Å². The maximum Gasteiger partial charge on any atom is 0.313 e. The first kappa shape index (κ1) is 11.6. The third-order valence-electron chi connectivity index (χ3n) is 5.51. The first-order chi connectivity index (χ1) is 7.60. The number of esters is 1. The highest BCUT2D eigenvalue weighted by atomic mass is 16.6. The lowest BCUT2D eigenvalue weighted by Gasteiger charge is -2.33. The van der Waals surface area contributed by atoms with Crippen LogP contribution in [-0.4, -0.2) is 11.6 Å². The predicted molar refractivity (Wildman–Crippen MR) is 66.2 cm³/mol. The van der Waals surface area contributed by atoms with Crippen LogP contribution in [0, 0.1) is 22.2 Å². The van der Waals surface area contributed by atoms with Crippen LogP contribution in [-0.2, 0) is 9.53 Å². The molecule has 2 heteroatoms. The molecule has 0 N–H and O–H groups in total. The van der Waals surface area contributed by atoms with Crippen LogP contribution in [0.15, 0.2) is 0 Å². The lowest BCUT2D eigenvalue weighted by atomic mass is 9.71. The fraction of sp³-hybridized carbons (Fsp3) is 0.867. The van der Waals surface area contributed by atoms with Gasteiger partial charge in [-0.2, -0.15) is 0 Å². The summed E-state index contributed by atoms with van der Waals surface area (Å²) in [5.41, 5.74) is 0.147. The van der Waals surface area contributed by atoms with Crippen LogP contribution in [0.2, 0.25) is 0 Å². The maximum atomic E-state index is 12.5. The van der Waals surface area contributed by atoms with Crippen molar-refractivity contribution in [3.8, 4) is 0 Å². The van der Waals surface area contributed by atoms with Gasteiger partial charge in [0.25, 0.3) is 0 Å². The molecular weight excluding hydrogens is 212 g/mol. The van der Waals surface area contributed by atoms with Gasteiger partial charge in [0.2, 0.25) is 0 Å². The van der Waals surface area contributed by atoms with E-state index in [1.807, 2.05) is 20.8 Å². The van der Waals surface area contributed by atoms with Crippen LogP contribution in [0.1, 0.15) is 60.3 Å². The largest absolute Gasteiger partial charge is 0.460 e. The summed E-state index contributed by atoms with van der Waals surface area (Å²) in [6.07, 6.45) is 4.37. The number of carbonyl (C=O) groups excluding carboxylic acids is 1. The van der Waals surface area contributed by atoms with Crippen LogP contribution >= 0.6 is 0 Å². The minimum atomic E-state index is -0.362. The second kappa shape index (κ2) is 2.73. The standard InChI is InChI=1S/C15H23O2/c1-12(2,3)17-11(16)15-8-13(4)6-10(15)7-14(13,5)9-15/h6-9H2,1-5H3. The van der Waals surface area contributed by atoms with E-state index < -0.39 is 0 Å². The van der Waals surface area contributed by atoms with E-state index in [9.17, 15) is 4.79 Å². The Hall–Kier alpha value is -0.530. The molecule has 4 saturated carbocycles. The molecule has 4 aliphatic carbocycles. The summed E-state index contributed by atoms with van der Waals surface area (Å²) in [6.45, 7) is 10.6. The normalized spacial score (nSPS) is 48.1. The molecule has 2 nitrogen and oxygen atoms in total. The number of rotatable bonds is 1. The first-order valence-corrected chi connectivity index (χ1v) is 6.69. The molecule has 0 aromatic rings.